The summed E-state index contributed by atoms with van der Waals surface area (Å²) >= 11 is 5.79. The number of carbonyl (C=O) groups excluding carboxylic acids is 1. The van der Waals surface area contributed by atoms with E-state index in [1.807, 2.05) is 0 Å². The van der Waals surface area contributed by atoms with Crippen LogP contribution in [0.4, 0.5) is 13.2 Å². The molecule has 5 nitrogen and oxygen atoms in total. The number of aryl methyl sites for hydroxylation is 1. The first-order chi connectivity index (χ1) is 14.5. The Labute approximate surface area is 183 Å². The minimum atomic E-state index is -4.69. The maximum Gasteiger partial charge on any atom is 0.339 e. The largest absolute Gasteiger partial charge is 0.466 e. The highest BCUT2D eigenvalue weighted by Crippen LogP contribution is 2.37. The number of benzene rings is 2. The number of carbonyl (C=O) groups is 1. The van der Waals surface area contributed by atoms with Gasteiger partial charge >= 0.3 is 16.1 Å². The van der Waals surface area contributed by atoms with Crippen LogP contribution in [0.15, 0.2) is 59.2 Å². The first-order valence-electron chi connectivity index (χ1n) is 9.09. The van der Waals surface area contributed by atoms with Gasteiger partial charge in [-0.1, -0.05) is 41.4 Å². The second-order valence-corrected chi connectivity index (χ2v) is 8.54. The zero-order chi connectivity index (χ0) is 23.2. The summed E-state index contributed by atoms with van der Waals surface area (Å²) < 4.78 is 77.9. The number of hydrogen-bond donors (Lipinski definition) is 0. The number of allylic oxidation sites excluding steroid dienone is 1. The van der Waals surface area contributed by atoms with Gasteiger partial charge in [0.1, 0.15) is 4.90 Å². The van der Waals surface area contributed by atoms with Crippen LogP contribution in [0, 0.1) is 6.92 Å². The standard InChI is InChI=1S/C21H20ClF3O5S/c1-3-29-19(26)13-21(25,20(23)24)18(12-15-6-8-16(22)9-7-15)30-31(27,28)17-10-4-14(2)5-11-17/h4-12,20H,3,13H2,1-2H3/b18-12-. The molecule has 10 heteroatoms. The first kappa shape index (κ1) is 24.7. The molecule has 0 saturated carbocycles. The molecule has 0 spiro atoms. The van der Waals surface area contributed by atoms with Crippen molar-refractivity contribution in [2.45, 2.75) is 37.3 Å². The number of hydrogen-bond acceptors (Lipinski definition) is 5. The van der Waals surface area contributed by atoms with Crippen LogP contribution >= 0.6 is 11.6 Å². The van der Waals surface area contributed by atoms with Crippen molar-refractivity contribution in [2.75, 3.05) is 6.61 Å². The molecule has 168 valence electrons. The quantitative estimate of drug-likeness (QED) is 0.278. The molecule has 2 aromatic carbocycles. The van der Waals surface area contributed by atoms with Gasteiger partial charge in [0, 0.05) is 5.02 Å². The summed E-state index contributed by atoms with van der Waals surface area (Å²) in [6, 6.07) is 10.8. The minimum Gasteiger partial charge on any atom is -0.466 e. The lowest BCUT2D eigenvalue weighted by Gasteiger charge is -2.26. The van der Waals surface area contributed by atoms with Gasteiger partial charge in [0.05, 0.1) is 13.0 Å². The van der Waals surface area contributed by atoms with Crippen LogP contribution in [0.1, 0.15) is 24.5 Å². The minimum absolute atomic E-state index is 0.130. The summed E-state index contributed by atoms with van der Waals surface area (Å²) in [6.07, 6.45) is -4.45. The van der Waals surface area contributed by atoms with E-state index < -0.39 is 40.4 Å². The van der Waals surface area contributed by atoms with Crippen LogP contribution < -0.4 is 0 Å². The van der Waals surface area contributed by atoms with Gasteiger partial charge in [-0.05, 0) is 49.8 Å². The Morgan fingerprint density at radius 3 is 2.23 bits per heavy atom. The summed E-state index contributed by atoms with van der Waals surface area (Å²) in [5.74, 6) is -2.53. The van der Waals surface area contributed by atoms with E-state index in [-0.39, 0.29) is 17.1 Å². The van der Waals surface area contributed by atoms with Gasteiger partial charge in [-0.15, -0.1) is 0 Å². The lowest BCUT2D eigenvalue weighted by atomic mass is 9.98. The fourth-order valence-corrected chi connectivity index (χ4v) is 3.60. The molecule has 0 aliphatic rings. The van der Waals surface area contributed by atoms with E-state index in [2.05, 4.69) is 4.74 Å². The Balaban J connectivity index is 2.57. The molecule has 31 heavy (non-hydrogen) atoms. The van der Waals surface area contributed by atoms with Gasteiger partial charge < -0.3 is 8.92 Å². The van der Waals surface area contributed by atoms with Crippen molar-refractivity contribution in [3.8, 4) is 0 Å². The average molecular weight is 477 g/mol. The summed E-state index contributed by atoms with van der Waals surface area (Å²) in [7, 11) is -4.69. The molecule has 0 aliphatic heterocycles. The Kier molecular flexibility index (Phi) is 8.14. The SMILES string of the molecule is CCOC(=O)CC(F)(/C(=C/c1ccc(Cl)cc1)OS(=O)(=O)c1ccc(C)cc1)C(F)F. The van der Waals surface area contributed by atoms with Crippen LogP contribution in [0.25, 0.3) is 6.08 Å². The summed E-state index contributed by atoms with van der Waals surface area (Å²) in [5.41, 5.74) is -2.89. The maximum absolute atomic E-state index is 15.5. The number of halogens is 4. The zero-order valence-corrected chi connectivity index (χ0v) is 18.2. The fraction of sp³-hybridized carbons (Fsp3) is 0.286. The van der Waals surface area contributed by atoms with E-state index in [0.29, 0.717) is 5.02 Å². The Hall–Kier alpha value is -2.52. The Bertz CT molecular complexity index is 1040. The molecule has 0 saturated heterocycles. The summed E-state index contributed by atoms with van der Waals surface area (Å²) in [4.78, 5) is 11.4. The third-order valence-electron chi connectivity index (χ3n) is 4.14. The predicted octanol–water partition coefficient (Wildman–Crippen LogP) is 5.32. The van der Waals surface area contributed by atoms with E-state index in [1.165, 1.54) is 55.5 Å². The Morgan fingerprint density at radius 1 is 1.13 bits per heavy atom. The van der Waals surface area contributed by atoms with Gasteiger partial charge in [0.25, 0.3) is 6.43 Å². The highest BCUT2D eigenvalue weighted by atomic mass is 35.5. The average Bonchev–Trinajstić information content (AvgIpc) is 2.69. The van der Waals surface area contributed by atoms with Crippen molar-refractivity contribution in [1.82, 2.24) is 0 Å². The maximum atomic E-state index is 15.5. The highest BCUT2D eigenvalue weighted by Gasteiger charge is 2.50. The molecule has 0 amide bonds. The third-order valence-corrected chi connectivity index (χ3v) is 5.64. The van der Waals surface area contributed by atoms with E-state index in [0.717, 1.165) is 11.6 Å². The van der Waals surface area contributed by atoms with E-state index in [1.54, 1.807) is 6.92 Å². The van der Waals surface area contributed by atoms with Crippen LogP contribution in [0.3, 0.4) is 0 Å². The molecule has 0 aromatic heterocycles. The number of esters is 1. The highest BCUT2D eigenvalue weighted by molar-refractivity contribution is 7.86. The van der Waals surface area contributed by atoms with Gasteiger partial charge in [-0.2, -0.15) is 8.42 Å². The number of alkyl halides is 3. The Morgan fingerprint density at radius 2 is 1.71 bits per heavy atom. The van der Waals surface area contributed by atoms with Crippen LogP contribution in [0.2, 0.25) is 5.02 Å². The number of ether oxygens (including phenoxy) is 1. The van der Waals surface area contributed by atoms with Crippen molar-refractivity contribution in [2.24, 2.45) is 0 Å². The molecule has 0 fully saturated rings. The second kappa shape index (κ2) is 10.2. The molecule has 1 atom stereocenters. The van der Waals surface area contributed by atoms with Crippen LogP contribution in [-0.4, -0.2) is 33.1 Å². The molecule has 0 N–H and O–H groups in total. The third kappa shape index (κ3) is 6.48. The molecule has 0 radical (unpaired) electrons. The van der Waals surface area contributed by atoms with Crippen LogP contribution in [-0.2, 0) is 23.8 Å². The lowest BCUT2D eigenvalue weighted by Crippen LogP contribution is -2.39. The van der Waals surface area contributed by atoms with Crippen molar-refractivity contribution < 1.29 is 35.3 Å². The molecule has 1 unspecified atom stereocenters. The predicted molar refractivity (Wildman–Crippen MR) is 110 cm³/mol. The van der Waals surface area contributed by atoms with Crippen molar-refractivity contribution in [3.05, 3.63) is 70.4 Å². The second-order valence-electron chi connectivity index (χ2n) is 6.56. The van der Waals surface area contributed by atoms with Gasteiger partial charge in [0.15, 0.2) is 5.76 Å². The molecule has 2 aromatic rings. The van der Waals surface area contributed by atoms with E-state index in [4.69, 9.17) is 15.8 Å². The zero-order valence-electron chi connectivity index (χ0n) is 16.6. The smallest absolute Gasteiger partial charge is 0.339 e. The van der Waals surface area contributed by atoms with Gasteiger partial charge in [0.2, 0.25) is 5.67 Å². The molecule has 2 rings (SSSR count). The molecular weight excluding hydrogens is 457 g/mol. The van der Waals surface area contributed by atoms with Crippen molar-refractivity contribution in [3.63, 3.8) is 0 Å². The lowest BCUT2D eigenvalue weighted by molar-refractivity contribution is -0.150. The fourth-order valence-electron chi connectivity index (χ4n) is 2.49. The molecule has 0 heterocycles. The number of rotatable bonds is 9. The summed E-state index contributed by atoms with van der Waals surface area (Å²) in [5, 5.41) is 0.318. The molecule has 0 bridgehead atoms. The van der Waals surface area contributed by atoms with Crippen LogP contribution in [0.5, 0.6) is 0 Å². The molecule has 0 aliphatic carbocycles. The molecular formula is C21H20ClF3O5S. The first-order valence-corrected chi connectivity index (χ1v) is 10.9. The van der Waals surface area contributed by atoms with Gasteiger partial charge in [-0.3, -0.25) is 4.79 Å². The van der Waals surface area contributed by atoms with E-state index >= 15 is 4.39 Å². The van der Waals surface area contributed by atoms with Crippen molar-refractivity contribution >= 4 is 33.8 Å². The topological polar surface area (TPSA) is 69.7 Å². The normalized spacial score (nSPS) is 14.2. The van der Waals surface area contributed by atoms with E-state index in [9.17, 15) is 22.0 Å². The van der Waals surface area contributed by atoms with Crippen molar-refractivity contribution in [1.29, 1.82) is 0 Å². The summed E-state index contributed by atoms with van der Waals surface area (Å²) in [6.45, 7) is 2.96. The van der Waals surface area contributed by atoms with Gasteiger partial charge in [-0.25, -0.2) is 13.2 Å². The monoisotopic (exact) mass is 476 g/mol.